The Hall–Kier alpha value is -4.02. The summed E-state index contributed by atoms with van der Waals surface area (Å²) in [5.41, 5.74) is 0.684. The number of ketones is 1. The number of Topliss-reactive ketones (excluding diaryl/α,β-unsaturated/α-hetero) is 1. The summed E-state index contributed by atoms with van der Waals surface area (Å²) < 4.78 is 10.8. The van der Waals surface area contributed by atoms with E-state index in [4.69, 9.17) is 9.47 Å². The second-order valence-electron chi connectivity index (χ2n) is 6.78. The number of ether oxygens (including phenoxy) is 2. The number of nitro groups is 1. The van der Waals surface area contributed by atoms with Crippen molar-refractivity contribution >= 4 is 34.9 Å². The number of likely N-dealkylation sites (N-methyl/N-ethyl adjacent to an activating group) is 1. The molecule has 0 radical (unpaired) electrons. The third-order valence-electron chi connectivity index (χ3n) is 4.85. The van der Waals surface area contributed by atoms with Gasteiger partial charge < -0.3 is 24.5 Å². The fourth-order valence-corrected chi connectivity index (χ4v) is 3.25. The predicted molar refractivity (Wildman–Crippen MR) is 103 cm³/mol. The minimum atomic E-state index is -0.698. The molecular formula is C19H16N4O7. The second-order valence-corrected chi connectivity index (χ2v) is 6.78. The van der Waals surface area contributed by atoms with Gasteiger partial charge in [0.15, 0.2) is 24.2 Å². The molecule has 0 aliphatic carbocycles. The zero-order valence-electron chi connectivity index (χ0n) is 16.0. The maximum atomic E-state index is 12.9. The minimum absolute atomic E-state index is 0.0868. The van der Waals surface area contributed by atoms with E-state index in [9.17, 15) is 24.5 Å². The zero-order chi connectivity index (χ0) is 21.6. The number of hydrogen-bond donors (Lipinski definition) is 0. The third kappa shape index (κ3) is 3.19. The van der Waals surface area contributed by atoms with E-state index in [1.54, 1.807) is 20.0 Å². The number of nitrogens with zero attached hydrogens (tertiary/aromatic N) is 4. The Kier molecular flexibility index (Phi) is 4.57. The van der Waals surface area contributed by atoms with E-state index in [2.05, 4.69) is 4.98 Å². The van der Waals surface area contributed by atoms with Crippen molar-refractivity contribution < 1.29 is 28.8 Å². The SMILES string of the molecule is CC1Oc2ccc(C(=O)CN3C(=O)COc4ccc([N+](=O)[O-])nc43)cc2N(C)C1=O. The van der Waals surface area contributed by atoms with E-state index < -0.39 is 35.1 Å². The number of fused-ring (bicyclic) bond motifs is 2. The number of pyridine rings is 1. The smallest absolute Gasteiger partial charge is 0.366 e. The number of anilines is 2. The first-order valence-electron chi connectivity index (χ1n) is 8.96. The summed E-state index contributed by atoms with van der Waals surface area (Å²) in [4.78, 5) is 54.0. The summed E-state index contributed by atoms with van der Waals surface area (Å²) in [7, 11) is 1.58. The van der Waals surface area contributed by atoms with Crippen LogP contribution in [0.2, 0.25) is 0 Å². The number of carbonyl (C=O) groups excluding carboxylic acids is 3. The van der Waals surface area contributed by atoms with Gasteiger partial charge in [-0.05, 0) is 41.1 Å². The molecule has 2 amide bonds. The largest absolute Gasteiger partial charge is 0.479 e. The van der Waals surface area contributed by atoms with Gasteiger partial charge in [0.1, 0.15) is 5.75 Å². The van der Waals surface area contributed by atoms with Crippen molar-refractivity contribution in [2.24, 2.45) is 0 Å². The summed E-state index contributed by atoms with van der Waals surface area (Å²) in [5.74, 6) is -1.16. The molecule has 0 saturated heterocycles. The molecule has 1 atom stereocenters. The molecule has 11 nitrogen and oxygen atoms in total. The van der Waals surface area contributed by atoms with Gasteiger partial charge >= 0.3 is 5.82 Å². The number of hydrogen-bond acceptors (Lipinski definition) is 8. The van der Waals surface area contributed by atoms with Gasteiger partial charge in [-0.3, -0.25) is 19.3 Å². The Balaban J connectivity index is 1.64. The standard InChI is InChI=1S/C19H16N4O7/c1-10-19(26)21(2)12-7-11(3-4-14(12)30-10)13(24)8-22-17(25)9-29-15-5-6-16(23(27)28)20-18(15)22/h3-7,10H,8-9H2,1-2H3. The lowest BCUT2D eigenvalue weighted by Gasteiger charge is -2.30. The summed E-state index contributed by atoms with van der Waals surface area (Å²) in [6, 6.07) is 7.12. The van der Waals surface area contributed by atoms with Gasteiger partial charge in [0, 0.05) is 18.7 Å². The van der Waals surface area contributed by atoms with Crippen LogP contribution in [0.15, 0.2) is 30.3 Å². The first-order chi connectivity index (χ1) is 14.3. The van der Waals surface area contributed by atoms with Crippen molar-refractivity contribution in [3.8, 4) is 11.5 Å². The van der Waals surface area contributed by atoms with Gasteiger partial charge in [0.2, 0.25) is 0 Å². The average Bonchev–Trinajstić information content (AvgIpc) is 2.73. The van der Waals surface area contributed by atoms with E-state index >= 15 is 0 Å². The van der Waals surface area contributed by atoms with Gasteiger partial charge in [-0.15, -0.1) is 0 Å². The molecule has 4 rings (SSSR count). The summed E-state index contributed by atoms with van der Waals surface area (Å²) in [6.45, 7) is 0.929. The summed E-state index contributed by atoms with van der Waals surface area (Å²) >= 11 is 0. The Morgan fingerprint density at radius 2 is 2.00 bits per heavy atom. The van der Waals surface area contributed by atoms with Crippen LogP contribution in [-0.4, -0.2) is 53.8 Å². The van der Waals surface area contributed by atoms with Crippen LogP contribution in [0.3, 0.4) is 0 Å². The predicted octanol–water partition coefficient (Wildman–Crippen LogP) is 1.34. The number of rotatable bonds is 4. The molecule has 2 aromatic rings. The monoisotopic (exact) mass is 412 g/mol. The van der Waals surface area contributed by atoms with Crippen molar-refractivity contribution in [2.45, 2.75) is 13.0 Å². The number of amides is 2. The van der Waals surface area contributed by atoms with Gasteiger partial charge in [-0.2, -0.15) is 0 Å². The van der Waals surface area contributed by atoms with Gasteiger partial charge in [-0.25, -0.2) is 0 Å². The van der Waals surface area contributed by atoms with Crippen LogP contribution in [0.1, 0.15) is 17.3 Å². The van der Waals surface area contributed by atoms with Crippen LogP contribution < -0.4 is 19.3 Å². The zero-order valence-corrected chi connectivity index (χ0v) is 16.0. The molecule has 0 spiro atoms. The highest BCUT2D eigenvalue weighted by molar-refractivity contribution is 6.08. The first kappa shape index (κ1) is 19.3. The number of benzene rings is 1. The first-order valence-corrected chi connectivity index (χ1v) is 8.96. The van der Waals surface area contributed by atoms with Crippen molar-refractivity contribution in [3.63, 3.8) is 0 Å². The van der Waals surface area contributed by atoms with Gasteiger partial charge in [-0.1, -0.05) is 0 Å². The Labute approximate surface area is 170 Å². The average molecular weight is 412 g/mol. The van der Waals surface area contributed by atoms with Crippen molar-refractivity contribution in [2.75, 3.05) is 30.0 Å². The van der Waals surface area contributed by atoms with E-state index in [1.165, 1.54) is 23.1 Å². The summed E-state index contributed by atoms with van der Waals surface area (Å²) in [5, 5.41) is 11.0. The molecule has 0 fully saturated rings. The van der Waals surface area contributed by atoms with E-state index in [1.807, 2.05) is 0 Å². The van der Waals surface area contributed by atoms with Crippen LogP contribution >= 0.6 is 0 Å². The highest BCUT2D eigenvalue weighted by Crippen LogP contribution is 2.35. The Morgan fingerprint density at radius 3 is 2.73 bits per heavy atom. The van der Waals surface area contributed by atoms with Crippen LogP contribution in [0, 0.1) is 10.1 Å². The Bertz CT molecular complexity index is 1100. The molecule has 1 aromatic heterocycles. The van der Waals surface area contributed by atoms with Crippen LogP contribution in [0.5, 0.6) is 11.5 Å². The fraction of sp³-hybridized carbons (Fsp3) is 0.263. The quantitative estimate of drug-likeness (QED) is 0.417. The third-order valence-corrected chi connectivity index (χ3v) is 4.85. The Morgan fingerprint density at radius 1 is 1.27 bits per heavy atom. The molecule has 30 heavy (non-hydrogen) atoms. The fourth-order valence-electron chi connectivity index (χ4n) is 3.25. The lowest BCUT2D eigenvalue weighted by atomic mass is 10.1. The molecule has 2 aliphatic heterocycles. The lowest BCUT2D eigenvalue weighted by molar-refractivity contribution is -0.389. The molecule has 0 bridgehead atoms. The number of aromatic nitrogens is 1. The molecule has 3 heterocycles. The topological polar surface area (TPSA) is 132 Å². The molecule has 1 unspecified atom stereocenters. The molecule has 154 valence electrons. The highest BCUT2D eigenvalue weighted by atomic mass is 16.6. The van der Waals surface area contributed by atoms with Gasteiger partial charge in [0.05, 0.1) is 12.2 Å². The molecule has 1 aromatic carbocycles. The molecule has 0 saturated carbocycles. The van der Waals surface area contributed by atoms with Crippen molar-refractivity contribution in [3.05, 3.63) is 46.0 Å². The van der Waals surface area contributed by atoms with Crippen molar-refractivity contribution in [1.29, 1.82) is 0 Å². The van der Waals surface area contributed by atoms with E-state index in [0.717, 1.165) is 11.0 Å². The van der Waals surface area contributed by atoms with Gasteiger partial charge in [0.25, 0.3) is 17.6 Å². The lowest BCUT2D eigenvalue weighted by Crippen LogP contribution is -2.43. The van der Waals surface area contributed by atoms with Crippen molar-refractivity contribution in [1.82, 2.24) is 4.98 Å². The van der Waals surface area contributed by atoms with E-state index in [0.29, 0.717) is 11.4 Å². The maximum Gasteiger partial charge on any atom is 0.366 e. The highest BCUT2D eigenvalue weighted by Gasteiger charge is 2.34. The molecular weight excluding hydrogens is 396 g/mol. The molecule has 0 N–H and O–H groups in total. The molecule has 2 aliphatic rings. The van der Waals surface area contributed by atoms with Crippen LogP contribution in [-0.2, 0) is 9.59 Å². The second kappa shape index (κ2) is 7.10. The maximum absolute atomic E-state index is 12.9. The van der Waals surface area contributed by atoms with Crippen LogP contribution in [0.25, 0.3) is 0 Å². The molecule has 11 heteroatoms. The minimum Gasteiger partial charge on any atom is -0.479 e. The van der Waals surface area contributed by atoms with E-state index in [-0.39, 0.29) is 29.6 Å². The number of carbonyl (C=O) groups is 3. The van der Waals surface area contributed by atoms with Crippen LogP contribution in [0.4, 0.5) is 17.3 Å². The normalized spacial score (nSPS) is 17.6. The summed E-state index contributed by atoms with van der Waals surface area (Å²) in [6.07, 6.45) is -0.631.